The van der Waals surface area contributed by atoms with Crippen LogP contribution in [0.25, 0.3) is 0 Å². The summed E-state index contributed by atoms with van der Waals surface area (Å²) in [4.78, 5) is 12.3. The minimum atomic E-state index is -2.59. The highest BCUT2D eigenvalue weighted by Crippen LogP contribution is 2.38. The zero-order valence-corrected chi connectivity index (χ0v) is 18.9. The Balaban J connectivity index is 2.03. The summed E-state index contributed by atoms with van der Waals surface area (Å²) in [5.41, 5.74) is 0. The van der Waals surface area contributed by atoms with E-state index < -0.39 is 8.32 Å². The molecule has 154 valence electrons. The zero-order chi connectivity index (χ0) is 20.9. The van der Waals surface area contributed by atoms with Crippen LogP contribution in [-0.4, -0.2) is 28.0 Å². The number of ether oxygens (including phenoxy) is 1. The Morgan fingerprint density at radius 2 is 1.55 bits per heavy atom. The molecule has 3 rings (SSSR count). The van der Waals surface area contributed by atoms with Crippen LogP contribution in [0.3, 0.4) is 0 Å². The summed E-state index contributed by atoms with van der Waals surface area (Å²) in [5, 5.41) is 2.44. The van der Waals surface area contributed by atoms with Gasteiger partial charge in [-0.2, -0.15) is 0 Å². The van der Waals surface area contributed by atoms with E-state index in [2.05, 4.69) is 81.5 Å². The van der Waals surface area contributed by atoms with Gasteiger partial charge in [0.25, 0.3) is 8.32 Å². The predicted octanol–water partition coefficient (Wildman–Crippen LogP) is 4.32. The third-order valence-corrected chi connectivity index (χ3v) is 11.0. The maximum atomic E-state index is 12.3. The van der Waals surface area contributed by atoms with Gasteiger partial charge in [-0.15, -0.1) is 0 Å². The third-order valence-electron chi connectivity index (χ3n) is 5.96. The maximum Gasteiger partial charge on any atom is 0.309 e. The molecule has 0 fully saturated rings. The van der Waals surface area contributed by atoms with Gasteiger partial charge in [0.2, 0.25) is 0 Å². The van der Waals surface area contributed by atoms with Crippen molar-refractivity contribution in [1.29, 1.82) is 0 Å². The molecule has 0 saturated carbocycles. The standard InChI is InChI=1S/C25H32O3Si/c1-25(2,3)29(21-14-7-5-8-15-21,22-16-9-6-10-17-22)28-19-20-13-11-12-18-23(20)24(26)27-4/h5-11,13-17,20,23H,12,18-19H2,1-4H3/t20-,23+/m0/s1. The van der Waals surface area contributed by atoms with E-state index in [1.807, 2.05) is 12.1 Å². The van der Waals surface area contributed by atoms with Gasteiger partial charge in [-0.3, -0.25) is 4.79 Å². The fourth-order valence-corrected chi connectivity index (χ4v) is 9.09. The Bertz CT molecular complexity index is 785. The summed E-state index contributed by atoms with van der Waals surface area (Å²) in [5.74, 6) is -0.230. The summed E-state index contributed by atoms with van der Waals surface area (Å²) in [6.07, 6.45) is 6.04. The molecule has 29 heavy (non-hydrogen) atoms. The van der Waals surface area contributed by atoms with Crippen molar-refractivity contribution in [2.45, 2.75) is 38.7 Å². The SMILES string of the molecule is COC(=O)[C@@H]1CCC=C[C@H]1CO[Si](c1ccccc1)(c1ccccc1)C(C)(C)C. The molecule has 0 spiro atoms. The van der Waals surface area contributed by atoms with E-state index in [9.17, 15) is 4.79 Å². The van der Waals surface area contributed by atoms with E-state index in [0.29, 0.717) is 6.61 Å². The molecular weight excluding hydrogens is 376 g/mol. The number of esters is 1. The first-order valence-electron chi connectivity index (χ1n) is 10.4. The van der Waals surface area contributed by atoms with E-state index in [0.717, 1.165) is 12.8 Å². The van der Waals surface area contributed by atoms with Crippen molar-refractivity contribution >= 4 is 24.7 Å². The number of rotatable bonds is 6. The van der Waals surface area contributed by atoms with Crippen molar-refractivity contribution in [3.8, 4) is 0 Å². The molecule has 2 aromatic carbocycles. The van der Waals surface area contributed by atoms with Crippen LogP contribution in [0.5, 0.6) is 0 Å². The van der Waals surface area contributed by atoms with Gasteiger partial charge in [0.05, 0.1) is 13.0 Å². The lowest BCUT2D eigenvalue weighted by Crippen LogP contribution is -2.67. The second-order valence-electron chi connectivity index (χ2n) is 8.77. The fourth-order valence-electron chi connectivity index (χ4n) is 4.49. The van der Waals surface area contributed by atoms with Crippen LogP contribution in [0.1, 0.15) is 33.6 Å². The molecule has 0 aromatic heterocycles. The number of hydrogen-bond donors (Lipinski definition) is 0. The number of carbonyl (C=O) groups is 1. The smallest absolute Gasteiger partial charge is 0.309 e. The average molecular weight is 409 g/mol. The number of benzene rings is 2. The molecule has 0 unspecified atom stereocenters. The van der Waals surface area contributed by atoms with E-state index in [-0.39, 0.29) is 22.8 Å². The zero-order valence-electron chi connectivity index (χ0n) is 17.9. The number of carbonyl (C=O) groups excluding carboxylic acids is 1. The van der Waals surface area contributed by atoms with Crippen molar-refractivity contribution in [3.05, 3.63) is 72.8 Å². The molecule has 0 N–H and O–H groups in total. The number of methoxy groups -OCH3 is 1. The summed E-state index contributed by atoms with van der Waals surface area (Å²) in [7, 11) is -1.12. The molecule has 0 saturated heterocycles. The van der Waals surface area contributed by atoms with Crippen molar-refractivity contribution in [1.82, 2.24) is 0 Å². The molecule has 0 bridgehead atoms. The van der Waals surface area contributed by atoms with Gasteiger partial charge in [0.1, 0.15) is 0 Å². The van der Waals surface area contributed by atoms with Crippen LogP contribution in [0.15, 0.2) is 72.8 Å². The Kier molecular flexibility index (Phi) is 6.76. The van der Waals surface area contributed by atoms with E-state index >= 15 is 0 Å². The molecule has 2 aromatic rings. The Morgan fingerprint density at radius 1 is 1.00 bits per heavy atom. The molecule has 0 radical (unpaired) electrons. The lowest BCUT2D eigenvalue weighted by Gasteiger charge is -2.44. The topological polar surface area (TPSA) is 35.5 Å². The first kappa shape index (κ1) is 21.5. The predicted molar refractivity (Wildman–Crippen MR) is 121 cm³/mol. The quantitative estimate of drug-likeness (QED) is 0.406. The van der Waals surface area contributed by atoms with E-state index in [1.165, 1.54) is 17.5 Å². The minimum absolute atomic E-state index is 0.0397. The Morgan fingerprint density at radius 3 is 2.03 bits per heavy atom. The van der Waals surface area contributed by atoms with Gasteiger partial charge in [0.15, 0.2) is 0 Å². The molecule has 2 atom stereocenters. The Hall–Kier alpha value is -2.17. The highest BCUT2D eigenvalue weighted by atomic mass is 28.4. The van der Waals surface area contributed by atoms with E-state index in [4.69, 9.17) is 9.16 Å². The minimum Gasteiger partial charge on any atom is -0.469 e. The highest BCUT2D eigenvalue weighted by molar-refractivity contribution is 6.99. The molecular formula is C25H32O3Si. The van der Waals surface area contributed by atoms with Crippen LogP contribution in [0.4, 0.5) is 0 Å². The third kappa shape index (κ3) is 4.38. The lowest BCUT2D eigenvalue weighted by molar-refractivity contribution is -0.147. The van der Waals surface area contributed by atoms with Gasteiger partial charge < -0.3 is 9.16 Å². The lowest BCUT2D eigenvalue weighted by atomic mass is 9.84. The molecule has 1 aliphatic carbocycles. The molecule has 0 heterocycles. The highest BCUT2D eigenvalue weighted by Gasteiger charge is 2.50. The fraction of sp³-hybridized carbons (Fsp3) is 0.400. The van der Waals surface area contributed by atoms with Crippen LogP contribution in [-0.2, 0) is 14.0 Å². The van der Waals surface area contributed by atoms with Crippen molar-refractivity contribution in [3.63, 3.8) is 0 Å². The van der Waals surface area contributed by atoms with Gasteiger partial charge in [-0.05, 0) is 28.3 Å². The molecule has 1 aliphatic rings. The van der Waals surface area contributed by atoms with Gasteiger partial charge in [0, 0.05) is 12.5 Å². The summed E-state index contributed by atoms with van der Waals surface area (Å²) < 4.78 is 12.1. The molecule has 0 aliphatic heterocycles. The Labute approximate surface area is 175 Å². The van der Waals surface area contributed by atoms with Crippen LogP contribution >= 0.6 is 0 Å². The molecule has 0 amide bonds. The van der Waals surface area contributed by atoms with Crippen LogP contribution < -0.4 is 10.4 Å². The maximum absolute atomic E-state index is 12.3. The average Bonchev–Trinajstić information content (AvgIpc) is 2.74. The first-order valence-corrected chi connectivity index (χ1v) is 12.3. The summed E-state index contributed by atoms with van der Waals surface area (Å²) in [6, 6.07) is 21.2. The number of hydrogen-bond acceptors (Lipinski definition) is 3. The van der Waals surface area contributed by atoms with Crippen LogP contribution in [0.2, 0.25) is 5.04 Å². The van der Waals surface area contributed by atoms with E-state index in [1.54, 1.807) is 0 Å². The first-order chi connectivity index (χ1) is 13.9. The molecule has 3 nitrogen and oxygen atoms in total. The van der Waals surface area contributed by atoms with Crippen molar-refractivity contribution in [2.75, 3.05) is 13.7 Å². The second kappa shape index (κ2) is 9.10. The van der Waals surface area contributed by atoms with Crippen LogP contribution in [0, 0.1) is 11.8 Å². The normalized spacial score (nSPS) is 19.7. The monoisotopic (exact) mass is 408 g/mol. The molecule has 4 heteroatoms. The van der Waals surface area contributed by atoms with Gasteiger partial charge >= 0.3 is 5.97 Å². The van der Waals surface area contributed by atoms with Gasteiger partial charge in [-0.1, -0.05) is 93.6 Å². The number of allylic oxidation sites excluding steroid dienone is 1. The van der Waals surface area contributed by atoms with Crippen molar-refractivity contribution in [2.24, 2.45) is 11.8 Å². The summed E-state index contributed by atoms with van der Waals surface area (Å²) >= 11 is 0. The van der Waals surface area contributed by atoms with Gasteiger partial charge in [-0.25, -0.2) is 0 Å². The summed E-state index contributed by atoms with van der Waals surface area (Å²) in [6.45, 7) is 7.33. The van der Waals surface area contributed by atoms with Crippen molar-refractivity contribution < 1.29 is 14.0 Å². The second-order valence-corrected chi connectivity index (χ2v) is 13.1. The largest absolute Gasteiger partial charge is 0.469 e.